The van der Waals surface area contributed by atoms with Crippen molar-refractivity contribution in [3.63, 3.8) is 0 Å². The van der Waals surface area contributed by atoms with Gasteiger partial charge in [0.1, 0.15) is 23.5 Å². The number of hydrogen-bond donors (Lipinski definition) is 1. The molecule has 0 saturated heterocycles. The Morgan fingerprint density at radius 1 is 1.24 bits per heavy atom. The predicted molar refractivity (Wildman–Crippen MR) is 109 cm³/mol. The summed E-state index contributed by atoms with van der Waals surface area (Å²) in [6.45, 7) is 2.16. The zero-order valence-electron chi connectivity index (χ0n) is 15.9. The van der Waals surface area contributed by atoms with Crippen molar-refractivity contribution in [2.45, 2.75) is 6.92 Å². The van der Waals surface area contributed by atoms with Crippen LogP contribution in [0.5, 0.6) is 17.2 Å². The third-order valence-corrected chi connectivity index (χ3v) is 3.89. The zero-order valence-corrected chi connectivity index (χ0v) is 16.6. The average Bonchev–Trinajstić information content (AvgIpc) is 2.71. The molecule has 0 saturated carbocycles. The van der Waals surface area contributed by atoms with Crippen molar-refractivity contribution >= 4 is 29.3 Å². The standard InChI is InChI=1S/C21H18ClN3O4/c1-3-28-17-6-4-5-16(12-17)25-21(26)15(13-24)9-14-10-18(22)20(29-8-7-23)19(11-14)27-2/h4-6,9-12H,3,8H2,1-2H3,(H,25,26)/b15-9-. The second kappa shape index (κ2) is 10.6. The van der Waals surface area contributed by atoms with E-state index in [9.17, 15) is 10.1 Å². The Bertz CT molecular complexity index is 1010. The first kappa shape index (κ1) is 21.6. The molecule has 29 heavy (non-hydrogen) atoms. The average molecular weight is 412 g/mol. The van der Waals surface area contributed by atoms with Crippen molar-refractivity contribution in [3.05, 3.63) is 52.6 Å². The van der Waals surface area contributed by atoms with Crippen LogP contribution in [0.3, 0.4) is 0 Å². The molecule has 148 valence electrons. The fraction of sp³-hybridized carbons (Fsp3) is 0.190. The van der Waals surface area contributed by atoms with Gasteiger partial charge in [0.05, 0.1) is 18.7 Å². The number of benzene rings is 2. The lowest BCUT2D eigenvalue weighted by molar-refractivity contribution is -0.112. The van der Waals surface area contributed by atoms with Crippen LogP contribution in [0.2, 0.25) is 5.02 Å². The number of carbonyl (C=O) groups excluding carboxylic acids is 1. The maximum Gasteiger partial charge on any atom is 0.266 e. The molecular weight excluding hydrogens is 394 g/mol. The van der Waals surface area contributed by atoms with E-state index in [4.69, 9.17) is 31.1 Å². The summed E-state index contributed by atoms with van der Waals surface area (Å²) in [5, 5.41) is 20.9. The number of halogens is 1. The summed E-state index contributed by atoms with van der Waals surface area (Å²) in [5.41, 5.74) is 0.833. The number of amides is 1. The smallest absolute Gasteiger partial charge is 0.266 e. The van der Waals surface area contributed by atoms with Gasteiger partial charge in [-0.15, -0.1) is 0 Å². The van der Waals surface area contributed by atoms with Gasteiger partial charge in [0.15, 0.2) is 18.1 Å². The molecule has 0 aliphatic carbocycles. The Morgan fingerprint density at radius 2 is 2.03 bits per heavy atom. The van der Waals surface area contributed by atoms with Crippen molar-refractivity contribution in [1.82, 2.24) is 0 Å². The minimum Gasteiger partial charge on any atom is -0.494 e. The van der Waals surface area contributed by atoms with Crippen LogP contribution in [0.1, 0.15) is 12.5 Å². The molecule has 0 unspecified atom stereocenters. The van der Waals surface area contributed by atoms with E-state index in [1.165, 1.54) is 19.3 Å². The van der Waals surface area contributed by atoms with Crippen molar-refractivity contribution in [3.8, 4) is 29.4 Å². The van der Waals surface area contributed by atoms with Gasteiger partial charge in [-0.3, -0.25) is 4.79 Å². The molecule has 2 aromatic carbocycles. The third-order valence-electron chi connectivity index (χ3n) is 3.61. The fourth-order valence-corrected chi connectivity index (χ4v) is 2.69. The van der Waals surface area contributed by atoms with Gasteiger partial charge < -0.3 is 19.5 Å². The number of ether oxygens (including phenoxy) is 3. The Hall–Kier alpha value is -3.68. The van der Waals surface area contributed by atoms with Gasteiger partial charge in [0.25, 0.3) is 5.91 Å². The van der Waals surface area contributed by atoms with Gasteiger partial charge in [0, 0.05) is 11.8 Å². The lowest BCUT2D eigenvalue weighted by atomic mass is 10.1. The Balaban J connectivity index is 2.28. The lowest BCUT2D eigenvalue weighted by Gasteiger charge is -2.11. The summed E-state index contributed by atoms with van der Waals surface area (Å²) in [5.74, 6) is 0.517. The number of hydrogen-bond acceptors (Lipinski definition) is 6. The van der Waals surface area contributed by atoms with E-state index in [1.807, 2.05) is 19.1 Å². The summed E-state index contributed by atoms with van der Waals surface area (Å²) in [6, 6.07) is 13.6. The fourth-order valence-electron chi connectivity index (χ4n) is 2.41. The van der Waals surface area contributed by atoms with Crippen LogP contribution in [0.4, 0.5) is 5.69 Å². The van der Waals surface area contributed by atoms with E-state index in [2.05, 4.69) is 5.32 Å². The van der Waals surface area contributed by atoms with Crippen LogP contribution in [0.25, 0.3) is 6.08 Å². The molecule has 0 aromatic heterocycles. The number of anilines is 1. The van der Waals surface area contributed by atoms with Crippen LogP contribution in [-0.4, -0.2) is 26.2 Å². The van der Waals surface area contributed by atoms with Crippen LogP contribution in [0.15, 0.2) is 42.0 Å². The second-order valence-electron chi connectivity index (χ2n) is 5.57. The topological polar surface area (TPSA) is 104 Å². The first-order valence-electron chi connectivity index (χ1n) is 8.55. The maximum atomic E-state index is 12.5. The molecule has 7 nitrogen and oxygen atoms in total. The van der Waals surface area contributed by atoms with Crippen LogP contribution >= 0.6 is 11.6 Å². The van der Waals surface area contributed by atoms with Crippen molar-refractivity contribution in [1.29, 1.82) is 10.5 Å². The lowest BCUT2D eigenvalue weighted by Crippen LogP contribution is -2.13. The quantitative estimate of drug-likeness (QED) is 0.515. The highest BCUT2D eigenvalue weighted by molar-refractivity contribution is 6.32. The van der Waals surface area contributed by atoms with Gasteiger partial charge in [-0.1, -0.05) is 17.7 Å². The minimum absolute atomic E-state index is 0.129. The molecule has 1 N–H and O–H groups in total. The molecule has 0 radical (unpaired) electrons. The largest absolute Gasteiger partial charge is 0.494 e. The molecule has 0 heterocycles. The third kappa shape index (κ3) is 5.90. The molecular formula is C21H18ClN3O4. The Morgan fingerprint density at radius 3 is 2.69 bits per heavy atom. The number of nitrogens with one attached hydrogen (secondary N) is 1. The van der Waals surface area contributed by atoms with Gasteiger partial charge in [0.2, 0.25) is 0 Å². The molecule has 0 aliphatic rings. The second-order valence-corrected chi connectivity index (χ2v) is 5.97. The molecule has 0 bridgehead atoms. The SMILES string of the molecule is CCOc1cccc(NC(=O)/C(C#N)=C\c2cc(Cl)c(OCC#N)c(OC)c2)c1. The molecule has 0 fully saturated rings. The van der Waals surface area contributed by atoms with Crippen molar-refractivity contribution in [2.24, 2.45) is 0 Å². The highest BCUT2D eigenvalue weighted by Gasteiger charge is 2.14. The predicted octanol–water partition coefficient (Wildman–Crippen LogP) is 4.20. The highest BCUT2D eigenvalue weighted by atomic mass is 35.5. The first-order valence-corrected chi connectivity index (χ1v) is 8.93. The Kier molecular flexibility index (Phi) is 7.90. The Labute approximate surface area is 173 Å². The van der Waals surface area contributed by atoms with Crippen molar-refractivity contribution < 1.29 is 19.0 Å². The summed E-state index contributed by atoms with van der Waals surface area (Å²) in [7, 11) is 1.42. The number of methoxy groups -OCH3 is 1. The van der Waals surface area contributed by atoms with E-state index in [0.717, 1.165) is 0 Å². The minimum atomic E-state index is -0.582. The van der Waals surface area contributed by atoms with E-state index in [-0.39, 0.29) is 28.7 Å². The first-order chi connectivity index (χ1) is 14.0. The molecule has 2 rings (SSSR count). The molecule has 2 aromatic rings. The van der Waals surface area contributed by atoms with Gasteiger partial charge in [-0.05, 0) is 42.8 Å². The zero-order chi connectivity index (χ0) is 21.2. The van der Waals surface area contributed by atoms with Gasteiger partial charge in [-0.25, -0.2) is 0 Å². The highest BCUT2D eigenvalue weighted by Crippen LogP contribution is 2.37. The number of nitrogens with zero attached hydrogens (tertiary/aromatic N) is 2. The molecule has 1 amide bonds. The molecule has 0 aliphatic heterocycles. The molecule has 8 heteroatoms. The van der Waals surface area contributed by atoms with Crippen molar-refractivity contribution in [2.75, 3.05) is 25.6 Å². The van der Waals surface area contributed by atoms with Gasteiger partial charge in [-0.2, -0.15) is 10.5 Å². The number of rotatable bonds is 8. The van der Waals surface area contributed by atoms with Crippen LogP contribution in [0, 0.1) is 22.7 Å². The maximum absolute atomic E-state index is 12.5. The number of nitriles is 2. The van der Waals surface area contributed by atoms with Gasteiger partial charge >= 0.3 is 0 Å². The van der Waals surface area contributed by atoms with E-state index in [0.29, 0.717) is 23.6 Å². The normalized spacial score (nSPS) is 10.4. The molecule has 0 spiro atoms. The monoisotopic (exact) mass is 411 g/mol. The van der Waals surface area contributed by atoms with E-state index >= 15 is 0 Å². The van der Waals surface area contributed by atoms with E-state index in [1.54, 1.807) is 30.3 Å². The van der Waals surface area contributed by atoms with Crippen LogP contribution < -0.4 is 19.5 Å². The van der Waals surface area contributed by atoms with Crippen LogP contribution in [-0.2, 0) is 4.79 Å². The summed E-state index contributed by atoms with van der Waals surface area (Å²) >= 11 is 6.19. The summed E-state index contributed by atoms with van der Waals surface area (Å²) in [4.78, 5) is 12.5. The summed E-state index contributed by atoms with van der Waals surface area (Å²) < 4.78 is 15.9. The summed E-state index contributed by atoms with van der Waals surface area (Å²) in [6.07, 6.45) is 1.38. The molecule has 0 atom stereocenters. The van der Waals surface area contributed by atoms with E-state index < -0.39 is 5.91 Å². The number of carbonyl (C=O) groups is 1.